The first-order valence-electron chi connectivity index (χ1n) is 11.1. The van der Waals surface area contributed by atoms with E-state index in [1.807, 2.05) is 24.7 Å². The number of piperazine rings is 1. The molecule has 1 aromatic heterocycles. The number of anilines is 1. The van der Waals surface area contributed by atoms with Gasteiger partial charge in [0.15, 0.2) is 5.82 Å². The van der Waals surface area contributed by atoms with E-state index in [4.69, 9.17) is 14.2 Å². The molecule has 7 nitrogen and oxygen atoms in total. The van der Waals surface area contributed by atoms with Gasteiger partial charge >= 0.3 is 0 Å². The summed E-state index contributed by atoms with van der Waals surface area (Å²) in [7, 11) is 1.96. The maximum absolute atomic E-state index is 6.60. The van der Waals surface area contributed by atoms with Gasteiger partial charge in [-0.1, -0.05) is 38.0 Å². The maximum atomic E-state index is 6.60. The van der Waals surface area contributed by atoms with Crippen molar-refractivity contribution >= 4 is 5.69 Å². The number of aryl methyl sites for hydroxylation is 1. The highest BCUT2D eigenvalue weighted by Crippen LogP contribution is 2.41. The highest BCUT2D eigenvalue weighted by Gasteiger charge is 2.55. The lowest BCUT2D eigenvalue weighted by atomic mass is 10.2. The number of hydrogen-bond donors (Lipinski definition) is 0. The van der Waals surface area contributed by atoms with Crippen molar-refractivity contribution in [3.8, 4) is 0 Å². The second-order valence-corrected chi connectivity index (χ2v) is 8.28. The molecule has 2 saturated heterocycles. The van der Waals surface area contributed by atoms with E-state index in [9.17, 15) is 0 Å². The lowest BCUT2D eigenvalue weighted by Crippen LogP contribution is -2.60. The zero-order valence-corrected chi connectivity index (χ0v) is 18.4. The van der Waals surface area contributed by atoms with Crippen molar-refractivity contribution in [3.05, 3.63) is 48.5 Å². The molecule has 3 heterocycles. The third-order valence-corrected chi connectivity index (χ3v) is 6.07. The topological polar surface area (TPSA) is 52.0 Å². The minimum absolute atomic E-state index is 0.369. The van der Waals surface area contributed by atoms with Gasteiger partial charge in [0.1, 0.15) is 6.61 Å². The average Bonchev–Trinajstić information content (AvgIpc) is 3.37. The van der Waals surface area contributed by atoms with Crippen LogP contribution in [0.15, 0.2) is 42.7 Å². The van der Waals surface area contributed by atoms with Crippen LogP contribution in [0.5, 0.6) is 0 Å². The van der Waals surface area contributed by atoms with Crippen LogP contribution in [0, 0.1) is 0 Å². The number of para-hydroxylation sites is 1. The summed E-state index contributed by atoms with van der Waals surface area (Å²) >= 11 is 0. The Balaban J connectivity index is 1.49. The highest BCUT2D eigenvalue weighted by atomic mass is 16.8. The molecule has 0 bridgehead atoms. The smallest absolute Gasteiger partial charge is 0.257 e. The van der Waals surface area contributed by atoms with Gasteiger partial charge in [-0.3, -0.25) is 4.74 Å². The van der Waals surface area contributed by atoms with E-state index in [-0.39, 0.29) is 0 Å². The molecular weight excluding hydrogens is 380 g/mol. The summed E-state index contributed by atoms with van der Waals surface area (Å²) < 4.78 is 21.2. The molecule has 0 saturated carbocycles. The van der Waals surface area contributed by atoms with Crippen molar-refractivity contribution in [3.63, 3.8) is 0 Å². The largest absolute Gasteiger partial charge is 0.369 e. The molecule has 7 heteroatoms. The Morgan fingerprint density at radius 1 is 1.10 bits per heavy atom. The SMILES string of the molecule is CCCCCOC1(N2CCN(c3ccccc3)CC2)COC(C)(c2nccn2C)O1. The summed E-state index contributed by atoms with van der Waals surface area (Å²) in [6, 6.07) is 10.6. The summed E-state index contributed by atoms with van der Waals surface area (Å²) in [5.74, 6) is -1.05. The minimum atomic E-state index is -0.931. The zero-order chi connectivity index (χ0) is 21.0. The van der Waals surface area contributed by atoms with Gasteiger partial charge in [0.2, 0.25) is 5.79 Å². The summed E-state index contributed by atoms with van der Waals surface area (Å²) in [5.41, 5.74) is 1.26. The lowest BCUT2D eigenvalue weighted by molar-refractivity contribution is -0.329. The molecule has 2 aromatic rings. The monoisotopic (exact) mass is 414 g/mol. The third-order valence-electron chi connectivity index (χ3n) is 6.07. The van der Waals surface area contributed by atoms with Crippen molar-refractivity contribution in [2.24, 2.45) is 7.05 Å². The first-order valence-corrected chi connectivity index (χ1v) is 11.1. The Bertz CT molecular complexity index is 806. The standard InChI is InChI=1S/C23H34N4O3/c1-4-5-9-18-28-23(19-29-22(2,30-23)21-24-12-13-25(21)3)27-16-14-26(15-17-27)20-10-7-6-8-11-20/h6-8,10-13H,4-5,9,14-19H2,1-3H3. The van der Waals surface area contributed by atoms with E-state index in [1.165, 1.54) is 5.69 Å². The van der Waals surface area contributed by atoms with Gasteiger partial charge in [0, 0.05) is 51.3 Å². The van der Waals surface area contributed by atoms with Gasteiger partial charge in [-0.2, -0.15) is 0 Å². The molecule has 0 aliphatic carbocycles. The van der Waals surface area contributed by atoms with Gasteiger partial charge in [0.25, 0.3) is 5.91 Å². The Kier molecular flexibility index (Phi) is 6.43. The quantitative estimate of drug-likeness (QED) is 0.618. The van der Waals surface area contributed by atoms with Crippen molar-refractivity contribution in [2.75, 3.05) is 44.3 Å². The Labute approximate surface area is 179 Å². The van der Waals surface area contributed by atoms with Crippen molar-refractivity contribution in [1.82, 2.24) is 14.5 Å². The minimum Gasteiger partial charge on any atom is -0.369 e. The molecule has 1 aromatic carbocycles. The van der Waals surface area contributed by atoms with Crippen LogP contribution in [-0.4, -0.2) is 59.8 Å². The summed E-state index contributed by atoms with van der Waals surface area (Å²) in [4.78, 5) is 9.18. The number of rotatable bonds is 8. The zero-order valence-electron chi connectivity index (χ0n) is 18.4. The molecular formula is C23H34N4O3. The van der Waals surface area contributed by atoms with E-state index in [0.717, 1.165) is 51.3 Å². The molecule has 0 N–H and O–H groups in total. The predicted molar refractivity (Wildman–Crippen MR) is 116 cm³/mol. The maximum Gasteiger partial charge on any atom is 0.257 e. The van der Waals surface area contributed by atoms with E-state index in [1.54, 1.807) is 6.20 Å². The fraction of sp³-hybridized carbons (Fsp3) is 0.609. The average molecular weight is 415 g/mol. The molecule has 0 amide bonds. The first kappa shape index (κ1) is 21.3. The first-order chi connectivity index (χ1) is 14.6. The van der Waals surface area contributed by atoms with Crippen molar-refractivity contribution < 1.29 is 14.2 Å². The van der Waals surface area contributed by atoms with E-state index < -0.39 is 11.7 Å². The molecule has 2 unspecified atom stereocenters. The van der Waals surface area contributed by atoms with Crippen LogP contribution in [0.25, 0.3) is 0 Å². The van der Waals surface area contributed by atoms with Crippen LogP contribution >= 0.6 is 0 Å². The van der Waals surface area contributed by atoms with Crippen molar-refractivity contribution in [1.29, 1.82) is 0 Å². The number of aromatic nitrogens is 2. The van der Waals surface area contributed by atoms with Crippen molar-refractivity contribution in [2.45, 2.75) is 44.8 Å². The van der Waals surface area contributed by atoms with E-state index in [0.29, 0.717) is 13.2 Å². The van der Waals surface area contributed by atoms with Gasteiger partial charge in [-0.15, -0.1) is 0 Å². The van der Waals surface area contributed by atoms with Crippen LogP contribution in [0.4, 0.5) is 5.69 Å². The molecule has 164 valence electrons. The molecule has 30 heavy (non-hydrogen) atoms. The molecule has 2 fully saturated rings. The molecule has 4 rings (SSSR count). The second kappa shape index (κ2) is 9.06. The Morgan fingerprint density at radius 3 is 2.53 bits per heavy atom. The lowest BCUT2D eigenvalue weighted by Gasteiger charge is -2.44. The molecule has 0 radical (unpaired) electrons. The van der Waals surface area contributed by atoms with E-state index >= 15 is 0 Å². The fourth-order valence-corrected chi connectivity index (χ4v) is 4.35. The van der Waals surface area contributed by atoms with Gasteiger partial charge in [0.05, 0.1) is 6.61 Å². The predicted octanol–water partition coefficient (Wildman–Crippen LogP) is 3.32. The fourth-order valence-electron chi connectivity index (χ4n) is 4.35. The van der Waals surface area contributed by atoms with Gasteiger partial charge < -0.3 is 18.9 Å². The number of hydrogen-bond acceptors (Lipinski definition) is 6. The number of nitrogens with zero attached hydrogens (tertiary/aromatic N) is 4. The Morgan fingerprint density at radius 2 is 1.87 bits per heavy atom. The van der Waals surface area contributed by atoms with Gasteiger partial charge in [-0.25, -0.2) is 9.88 Å². The van der Waals surface area contributed by atoms with E-state index in [2.05, 4.69) is 52.0 Å². The third kappa shape index (κ3) is 4.25. The number of unbranched alkanes of at least 4 members (excludes halogenated alkanes) is 2. The normalized spacial score (nSPS) is 27.6. The van der Waals surface area contributed by atoms with Crippen LogP contribution in [0.3, 0.4) is 0 Å². The van der Waals surface area contributed by atoms with Crippen LogP contribution in [0.1, 0.15) is 38.9 Å². The van der Waals surface area contributed by atoms with Crippen LogP contribution in [0.2, 0.25) is 0 Å². The summed E-state index contributed by atoms with van der Waals surface area (Å²) in [6.45, 7) is 8.71. The van der Waals surface area contributed by atoms with Crippen LogP contribution in [-0.2, 0) is 27.0 Å². The summed E-state index contributed by atoms with van der Waals surface area (Å²) in [5, 5.41) is 0. The molecule has 0 spiro atoms. The van der Waals surface area contributed by atoms with Crippen LogP contribution < -0.4 is 4.90 Å². The highest BCUT2D eigenvalue weighted by molar-refractivity contribution is 5.46. The molecule has 2 aliphatic rings. The number of imidazole rings is 1. The Hall–Kier alpha value is -1.93. The number of benzene rings is 1. The molecule has 2 aliphatic heterocycles. The van der Waals surface area contributed by atoms with Gasteiger partial charge in [-0.05, 0) is 25.5 Å². The summed E-state index contributed by atoms with van der Waals surface area (Å²) in [6.07, 6.45) is 7.01. The molecule has 2 atom stereocenters. The second-order valence-electron chi connectivity index (χ2n) is 8.28. The number of ether oxygens (including phenoxy) is 3.